The van der Waals surface area contributed by atoms with E-state index in [1.807, 2.05) is 35.1 Å². The van der Waals surface area contributed by atoms with Crippen molar-refractivity contribution in [2.75, 3.05) is 0 Å². The number of hydrogen-bond acceptors (Lipinski definition) is 3. The van der Waals surface area contributed by atoms with E-state index in [9.17, 15) is 0 Å². The van der Waals surface area contributed by atoms with Crippen LogP contribution in [0.1, 0.15) is 42.0 Å². The molecule has 0 aliphatic heterocycles. The van der Waals surface area contributed by atoms with Crippen LogP contribution in [0.15, 0.2) is 30.5 Å². The van der Waals surface area contributed by atoms with Crippen LogP contribution in [0, 0.1) is 22.7 Å². The second kappa shape index (κ2) is 5.81. The van der Waals surface area contributed by atoms with E-state index >= 15 is 0 Å². The van der Waals surface area contributed by atoms with Crippen molar-refractivity contribution >= 4 is 0 Å². The van der Waals surface area contributed by atoms with E-state index in [1.54, 1.807) is 0 Å². The lowest BCUT2D eigenvalue weighted by molar-refractivity contribution is 0.550. The van der Waals surface area contributed by atoms with E-state index in [0.29, 0.717) is 18.8 Å². The summed E-state index contributed by atoms with van der Waals surface area (Å²) in [5.41, 5.74) is 4.50. The van der Waals surface area contributed by atoms with Gasteiger partial charge in [0.1, 0.15) is 0 Å². The fourth-order valence-electron chi connectivity index (χ4n) is 3.04. The minimum atomic E-state index is 0.324. The monoisotopic (exact) mass is 276 g/mol. The molecule has 0 amide bonds. The van der Waals surface area contributed by atoms with Gasteiger partial charge in [-0.25, -0.2) is 4.68 Å². The van der Waals surface area contributed by atoms with E-state index in [0.717, 1.165) is 30.5 Å². The minimum absolute atomic E-state index is 0.324. The molecule has 1 atom stereocenters. The molecule has 1 aromatic carbocycles. The zero-order valence-electron chi connectivity index (χ0n) is 11.8. The predicted molar refractivity (Wildman–Crippen MR) is 78.8 cm³/mol. The Balaban J connectivity index is 1.94. The fraction of sp³-hybridized carbons (Fsp3) is 0.353. The van der Waals surface area contributed by atoms with Crippen molar-refractivity contribution in [1.29, 1.82) is 10.5 Å². The lowest BCUT2D eigenvalue weighted by atomic mass is 9.85. The van der Waals surface area contributed by atoms with Crippen molar-refractivity contribution in [2.45, 2.75) is 38.0 Å². The van der Waals surface area contributed by atoms with Gasteiger partial charge in [0.05, 0.1) is 30.4 Å². The Bertz CT molecular complexity index is 713. The summed E-state index contributed by atoms with van der Waals surface area (Å²) >= 11 is 0. The third-order valence-corrected chi connectivity index (χ3v) is 4.11. The summed E-state index contributed by atoms with van der Waals surface area (Å²) in [6.45, 7) is 0. The Morgan fingerprint density at radius 2 is 2.00 bits per heavy atom. The molecule has 1 unspecified atom stereocenters. The first kappa shape index (κ1) is 13.4. The van der Waals surface area contributed by atoms with Gasteiger partial charge in [-0.3, -0.25) is 0 Å². The van der Waals surface area contributed by atoms with Gasteiger partial charge < -0.3 is 0 Å². The van der Waals surface area contributed by atoms with E-state index in [4.69, 9.17) is 10.5 Å². The van der Waals surface area contributed by atoms with Crippen molar-refractivity contribution in [2.24, 2.45) is 0 Å². The summed E-state index contributed by atoms with van der Waals surface area (Å²) in [6.07, 6.45) is 6.11. The van der Waals surface area contributed by atoms with Crippen molar-refractivity contribution in [1.82, 2.24) is 9.78 Å². The molecule has 104 valence electrons. The SMILES string of the molecule is N#CCc1ccc(-n2ncc3c2CCCC3CC#N)cc1. The minimum Gasteiger partial charge on any atom is -0.238 e. The molecular formula is C17H16N4. The maximum atomic E-state index is 8.95. The van der Waals surface area contributed by atoms with Crippen LogP contribution in [0.3, 0.4) is 0 Å². The maximum Gasteiger partial charge on any atom is 0.0669 e. The molecule has 0 spiro atoms. The zero-order chi connectivity index (χ0) is 14.7. The van der Waals surface area contributed by atoms with Gasteiger partial charge in [0, 0.05) is 18.0 Å². The topological polar surface area (TPSA) is 65.4 Å². The first-order valence-corrected chi connectivity index (χ1v) is 7.23. The molecule has 0 radical (unpaired) electrons. The van der Waals surface area contributed by atoms with E-state index in [2.05, 4.69) is 17.2 Å². The molecule has 1 aliphatic rings. The van der Waals surface area contributed by atoms with Crippen LogP contribution in [0.4, 0.5) is 0 Å². The number of fused-ring (bicyclic) bond motifs is 1. The highest BCUT2D eigenvalue weighted by atomic mass is 15.3. The zero-order valence-corrected chi connectivity index (χ0v) is 11.8. The van der Waals surface area contributed by atoms with Gasteiger partial charge in [-0.1, -0.05) is 12.1 Å². The highest BCUT2D eigenvalue weighted by Crippen LogP contribution is 2.34. The molecule has 4 heteroatoms. The Morgan fingerprint density at radius 3 is 2.71 bits per heavy atom. The van der Waals surface area contributed by atoms with Gasteiger partial charge in [-0.05, 0) is 42.5 Å². The predicted octanol–water partition coefficient (Wildman–Crippen LogP) is 3.27. The van der Waals surface area contributed by atoms with E-state index < -0.39 is 0 Å². The Hall–Kier alpha value is -2.59. The van der Waals surface area contributed by atoms with Crippen molar-refractivity contribution in [3.05, 3.63) is 47.3 Å². The number of nitrogens with zero attached hydrogens (tertiary/aromatic N) is 4. The Morgan fingerprint density at radius 1 is 1.19 bits per heavy atom. The summed E-state index contributed by atoms with van der Waals surface area (Å²) < 4.78 is 1.98. The molecule has 2 aromatic rings. The molecule has 1 aliphatic carbocycles. The number of benzene rings is 1. The molecule has 0 saturated carbocycles. The molecule has 0 fully saturated rings. The maximum absolute atomic E-state index is 8.95. The molecule has 0 saturated heterocycles. The summed E-state index contributed by atoms with van der Waals surface area (Å²) in [5, 5.41) is 22.2. The first-order valence-electron chi connectivity index (χ1n) is 7.23. The largest absolute Gasteiger partial charge is 0.238 e. The summed E-state index contributed by atoms with van der Waals surface area (Å²) in [5.74, 6) is 0.324. The van der Waals surface area contributed by atoms with Crippen molar-refractivity contribution in [3.63, 3.8) is 0 Å². The average molecular weight is 276 g/mol. The summed E-state index contributed by atoms with van der Waals surface area (Å²) in [7, 11) is 0. The van der Waals surface area contributed by atoms with Crippen LogP contribution >= 0.6 is 0 Å². The standard InChI is InChI=1S/C17H16N4/c18-10-8-13-4-6-15(7-5-13)21-17-3-1-2-14(9-11-19)16(17)12-20-21/h4-7,12,14H,1-3,8-9H2. The lowest BCUT2D eigenvalue weighted by Crippen LogP contribution is -2.11. The van der Waals surface area contributed by atoms with E-state index in [1.165, 1.54) is 11.3 Å². The fourth-order valence-corrected chi connectivity index (χ4v) is 3.04. The molecule has 4 nitrogen and oxygen atoms in total. The first-order chi connectivity index (χ1) is 10.3. The third-order valence-electron chi connectivity index (χ3n) is 4.11. The highest BCUT2D eigenvalue weighted by Gasteiger charge is 2.24. The molecule has 1 heterocycles. The van der Waals surface area contributed by atoms with Crippen LogP contribution in [0.25, 0.3) is 5.69 Å². The number of aromatic nitrogens is 2. The third kappa shape index (κ3) is 2.53. The second-order valence-electron chi connectivity index (χ2n) is 5.41. The van der Waals surface area contributed by atoms with Crippen LogP contribution < -0.4 is 0 Å². The number of hydrogen-bond donors (Lipinski definition) is 0. The molecular weight excluding hydrogens is 260 g/mol. The summed E-state index contributed by atoms with van der Waals surface area (Å²) in [4.78, 5) is 0. The van der Waals surface area contributed by atoms with Crippen LogP contribution in [-0.4, -0.2) is 9.78 Å². The van der Waals surface area contributed by atoms with Crippen molar-refractivity contribution in [3.8, 4) is 17.8 Å². The normalized spacial score (nSPS) is 16.8. The van der Waals surface area contributed by atoms with Gasteiger partial charge in [-0.2, -0.15) is 15.6 Å². The van der Waals surface area contributed by atoms with Gasteiger partial charge in [-0.15, -0.1) is 0 Å². The number of nitriles is 2. The quantitative estimate of drug-likeness (QED) is 0.864. The second-order valence-corrected chi connectivity index (χ2v) is 5.41. The van der Waals surface area contributed by atoms with Crippen LogP contribution in [-0.2, 0) is 12.8 Å². The van der Waals surface area contributed by atoms with Crippen LogP contribution in [0.2, 0.25) is 0 Å². The Labute approximate surface area is 124 Å². The highest BCUT2D eigenvalue weighted by molar-refractivity contribution is 5.39. The molecule has 0 N–H and O–H groups in total. The van der Waals surface area contributed by atoms with Gasteiger partial charge in [0.15, 0.2) is 0 Å². The molecule has 1 aromatic heterocycles. The van der Waals surface area contributed by atoms with Gasteiger partial charge in [0.2, 0.25) is 0 Å². The van der Waals surface area contributed by atoms with Gasteiger partial charge in [0.25, 0.3) is 0 Å². The molecule has 3 rings (SSSR count). The summed E-state index contributed by atoms with van der Waals surface area (Å²) in [6, 6.07) is 12.4. The lowest BCUT2D eigenvalue weighted by Gasteiger charge is -2.21. The van der Waals surface area contributed by atoms with Gasteiger partial charge >= 0.3 is 0 Å². The average Bonchev–Trinajstić information content (AvgIpc) is 2.94. The van der Waals surface area contributed by atoms with E-state index in [-0.39, 0.29) is 0 Å². The van der Waals surface area contributed by atoms with Crippen molar-refractivity contribution < 1.29 is 0 Å². The Kier molecular flexibility index (Phi) is 3.71. The number of rotatable bonds is 3. The molecule has 21 heavy (non-hydrogen) atoms. The van der Waals surface area contributed by atoms with Crippen LogP contribution in [0.5, 0.6) is 0 Å². The smallest absolute Gasteiger partial charge is 0.0669 e. The molecule has 0 bridgehead atoms.